The molecule has 0 N–H and O–H groups in total. The van der Waals surface area contributed by atoms with Gasteiger partial charge in [0.15, 0.2) is 0 Å². The van der Waals surface area contributed by atoms with Crippen LogP contribution in [-0.2, 0) is 0 Å². The van der Waals surface area contributed by atoms with Crippen molar-refractivity contribution in [1.82, 2.24) is 0 Å². The molecule has 0 atom stereocenters. The molecule has 0 nitrogen and oxygen atoms in total. The first-order valence-electron chi connectivity index (χ1n) is 8.18. The minimum Gasteiger partial charge on any atom is -0.207 e. The molecule has 0 radical (unpaired) electrons. The van der Waals surface area contributed by atoms with E-state index in [1.807, 2.05) is 55.5 Å². The molecular weight excluding hydrogens is 326 g/mol. The standard InChI is InChI=1S/C24H16F2/c1-17-3-5-19(6-4-17)7-8-20-9-11-21(12-10-20)13-14-22-15-23(25)18(2)24(26)16-22/h3-6,9-12,15-16H,1-2H3. The summed E-state index contributed by atoms with van der Waals surface area (Å²) in [6, 6.07) is 18.0. The van der Waals surface area contributed by atoms with Gasteiger partial charge in [0.2, 0.25) is 0 Å². The average Bonchev–Trinajstić information content (AvgIpc) is 2.64. The van der Waals surface area contributed by atoms with Gasteiger partial charge >= 0.3 is 0 Å². The van der Waals surface area contributed by atoms with Crippen molar-refractivity contribution < 1.29 is 8.78 Å². The Hall–Kier alpha value is -3.36. The quantitative estimate of drug-likeness (QED) is 0.481. The Morgan fingerprint density at radius 3 is 1.31 bits per heavy atom. The molecule has 0 aromatic heterocycles. The van der Waals surface area contributed by atoms with E-state index in [0.717, 1.165) is 16.7 Å². The van der Waals surface area contributed by atoms with E-state index in [4.69, 9.17) is 0 Å². The Bertz CT molecular complexity index is 1030. The molecule has 0 amide bonds. The molecule has 0 fully saturated rings. The molecule has 26 heavy (non-hydrogen) atoms. The van der Waals surface area contributed by atoms with Crippen LogP contribution in [-0.4, -0.2) is 0 Å². The van der Waals surface area contributed by atoms with Crippen LogP contribution in [0, 0.1) is 49.2 Å². The minimum absolute atomic E-state index is 0.00653. The van der Waals surface area contributed by atoms with E-state index in [1.165, 1.54) is 24.6 Å². The zero-order valence-electron chi connectivity index (χ0n) is 14.5. The van der Waals surface area contributed by atoms with E-state index in [9.17, 15) is 8.78 Å². The van der Waals surface area contributed by atoms with Gasteiger partial charge in [-0.25, -0.2) is 8.78 Å². The topological polar surface area (TPSA) is 0 Å². The first-order chi connectivity index (χ1) is 12.5. The average molecular weight is 342 g/mol. The molecule has 126 valence electrons. The predicted molar refractivity (Wildman–Crippen MR) is 101 cm³/mol. The number of rotatable bonds is 0. The maximum Gasteiger partial charge on any atom is 0.130 e. The summed E-state index contributed by atoms with van der Waals surface area (Å²) in [5.41, 5.74) is 4.12. The van der Waals surface area contributed by atoms with E-state index in [1.54, 1.807) is 0 Å². The molecule has 0 saturated heterocycles. The fourth-order valence-electron chi connectivity index (χ4n) is 2.28. The van der Waals surface area contributed by atoms with Crippen LogP contribution in [0.1, 0.15) is 33.4 Å². The number of aryl methyl sites for hydroxylation is 1. The number of benzene rings is 3. The Kier molecular flexibility index (Phi) is 5.16. The van der Waals surface area contributed by atoms with E-state index >= 15 is 0 Å². The van der Waals surface area contributed by atoms with Crippen molar-refractivity contribution in [1.29, 1.82) is 0 Å². The highest BCUT2D eigenvalue weighted by Crippen LogP contribution is 2.13. The number of hydrogen-bond donors (Lipinski definition) is 0. The van der Waals surface area contributed by atoms with Crippen LogP contribution in [0.25, 0.3) is 0 Å². The summed E-state index contributed by atoms with van der Waals surface area (Å²) in [6.07, 6.45) is 0. The minimum atomic E-state index is -0.587. The van der Waals surface area contributed by atoms with Crippen LogP contribution in [0.4, 0.5) is 8.78 Å². The summed E-state index contributed by atoms with van der Waals surface area (Å²) >= 11 is 0. The second-order valence-corrected chi connectivity index (χ2v) is 6.01. The molecular formula is C24H16F2. The van der Waals surface area contributed by atoms with Gasteiger partial charge in [-0.05, 0) is 62.4 Å². The summed E-state index contributed by atoms with van der Waals surface area (Å²) in [5.74, 6) is 10.7. The first kappa shape index (κ1) is 17.5. The van der Waals surface area contributed by atoms with E-state index in [2.05, 4.69) is 23.7 Å². The lowest BCUT2D eigenvalue weighted by Gasteiger charge is -1.99. The van der Waals surface area contributed by atoms with Gasteiger partial charge in [0.05, 0.1) is 0 Å². The van der Waals surface area contributed by atoms with Crippen LogP contribution >= 0.6 is 0 Å². The lowest BCUT2D eigenvalue weighted by Crippen LogP contribution is -1.90. The molecule has 0 bridgehead atoms. The fourth-order valence-corrected chi connectivity index (χ4v) is 2.28. The summed E-state index contributed by atoms with van der Waals surface area (Å²) in [7, 11) is 0. The third-order valence-electron chi connectivity index (χ3n) is 3.92. The van der Waals surface area contributed by atoms with E-state index in [-0.39, 0.29) is 5.56 Å². The second-order valence-electron chi connectivity index (χ2n) is 6.01. The molecule has 0 aliphatic heterocycles. The largest absolute Gasteiger partial charge is 0.207 e. The predicted octanol–water partition coefficient (Wildman–Crippen LogP) is 5.38. The van der Waals surface area contributed by atoms with Crippen molar-refractivity contribution in [2.45, 2.75) is 13.8 Å². The van der Waals surface area contributed by atoms with Crippen molar-refractivity contribution in [2.75, 3.05) is 0 Å². The highest BCUT2D eigenvalue weighted by Gasteiger charge is 2.04. The Morgan fingerprint density at radius 1 is 0.538 bits per heavy atom. The number of hydrogen-bond acceptors (Lipinski definition) is 0. The van der Waals surface area contributed by atoms with Gasteiger partial charge in [0, 0.05) is 27.8 Å². The Labute approximate surface area is 152 Å². The SMILES string of the molecule is Cc1ccc(C#Cc2ccc(C#Cc3cc(F)c(C)c(F)c3)cc2)cc1. The van der Waals surface area contributed by atoms with Crippen molar-refractivity contribution in [3.63, 3.8) is 0 Å². The smallest absolute Gasteiger partial charge is 0.130 e. The van der Waals surface area contributed by atoms with Crippen LogP contribution in [0.15, 0.2) is 60.7 Å². The van der Waals surface area contributed by atoms with Crippen molar-refractivity contribution in [3.05, 3.63) is 106 Å². The highest BCUT2D eigenvalue weighted by atomic mass is 19.1. The zero-order valence-corrected chi connectivity index (χ0v) is 14.5. The third-order valence-corrected chi connectivity index (χ3v) is 3.92. The summed E-state index contributed by atoms with van der Waals surface area (Å²) in [6.45, 7) is 3.44. The van der Waals surface area contributed by atoms with Crippen LogP contribution in [0.3, 0.4) is 0 Å². The van der Waals surface area contributed by atoms with Crippen LogP contribution in [0.5, 0.6) is 0 Å². The molecule has 0 unspecified atom stereocenters. The van der Waals surface area contributed by atoms with Gasteiger partial charge in [-0.15, -0.1) is 0 Å². The lowest BCUT2D eigenvalue weighted by molar-refractivity contribution is 0.567. The summed E-state index contributed by atoms with van der Waals surface area (Å²) < 4.78 is 27.1. The molecule has 0 heterocycles. The normalized spacial score (nSPS) is 9.69. The van der Waals surface area contributed by atoms with Crippen molar-refractivity contribution in [3.8, 4) is 23.7 Å². The van der Waals surface area contributed by atoms with Crippen LogP contribution in [0.2, 0.25) is 0 Å². The fraction of sp³-hybridized carbons (Fsp3) is 0.0833. The Balaban J connectivity index is 1.76. The van der Waals surface area contributed by atoms with Crippen molar-refractivity contribution in [2.24, 2.45) is 0 Å². The third kappa shape index (κ3) is 4.38. The molecule has 3 aromatic carbocycles. The first-order valence-corrected chi connectivity index (χ1v) is 8.18. The molecule has 0 aliphatic rings. The highest BCUT2D eigenvalue weighted by molar-refractivity contribution is 5.48. The molecule has 0 spiro atoms. The van der Waals surface area contributed by atoms with Gasteiger partial charge in [0.25, 0.3) is 0 Å². The monoisotopic (exact) mass is 342 g/mol. The molecule has 0 aliphatic carbocycles. The van der Waals surface area contributed by atoms with Gasteiger partial charge in [-0.2, -0.15) is 0 Å². The maximum atomic E-state index is 13.5. The molecule has 0 saturated carbocycles. The van der Waals surface area contributed by atoms with Gasteiger partial charge in [-0.1, -0.05) is 41.4 Å². The van der Waals surface area contributed by atoms with Gasteiger partial charge in [-0.3, -0.25) is 0 Å². The molecule has 3 aromatic rings. The van der Waals surface area contributed by atoms with E-state index < -0.39 is 11.6 Å². The molecule has 2 heteroatoms. The Morgan fingerprint density at radius 2 is 0.885 bits per heavy atom. The van der Waals surface area contributed by atoms with Crippen LogP contribution < -0.4 is 0 Å². The second kappa shape index (κ2) is 7.68. The maximum absolute atomic E-state index is 13.5. The van der Waals surface area contributed by atoms with Gasteiger partial charge < -0.3 is 0 Å². The lowest BCUT2D eigenvalue weighted by atomic mass is 10.1. The summed E-state index contributed by atoms with van der Waals surface area (Å²) in [5, 5.41) is 0. The number of halogens is 2. The zero-order chi connectivity index (χ0) is 18.5. The summed E-state index contributed by atoms with van der Waals surface area (Å²) in [4.78, 5) is 0. The molecule has 3 rings (SSSR count). The van der Waals surface area contributed by atoms with E-state index in [0.29, 0.717) is 5.56 Å². The van der Waals surface area contributed by atoms with Crippen molar-refractivity contribution >= 4 is 0 Å². The van der Waals surface area contributed by atoms with Gasteiger partial charge in [0.1, 0.15) is 11.6 Å².